The van der Waals surface area contributed by atoms with E-state index in [0.29, 0.717) is 26.3 Å². The van der Waals surface area contributed by atoms with Crippen molar-refractivity contribution in [2.24, 2.45) is 0 Å². The molecule has 0 aromatic heterocycles. The van der Waals surface area contributed by atoms with Crippen molar-refractivity contribution >= 4 is 12.0 Å². The second kappa shape index (κ2) is 7.33. The fraction of sp³-hybridized carbons (Fsp3) is 0.846. The van der Waals surface area contributed by atoms with Gasteiger partial charge in [-0.3, -0.25) is 4.79 Å². The van der Waals surface area contributed by atoms with Crippen LogP contribution in [0.25, 0.3) is 0 Å². The van der Waals surface area contributed by atoms with Gasteiger partial charge in [-0.2, -0.15) is 0 Å². The van der Waals surface area contributed by atoms with Gasteiger partial charge in [-0.1, -0.05) is 0 Å². The van der Waals surface area contributed by atoms with Crippen molar-refractivity contribution in [2.45, 2.75) is 45.1 Å². The van der Waals surface area contributed by atoms with Crippen molar-refractivity contribution in [3.05, 3.63) is 0 Å². The molecule has 1 aliphatic carbocycles. The summed E-state index contributed by atoms with van der Waals surface area (Å²) in [6.45, 7) is 6.05. The van der Waals surface area contributed by atoms with E-state index in [1.807, 2.05) is 13.8 Å². The van der Waals surface area contributed by atoms with E-state index in [2.05, 4.69) is 5.32 Å². The van der Waals surface area contributed by atoms with E-state index in [-0.39, 0.29) is 12.5 Å². The Morgan fingerprint density at radius 2 is 2.05 bits per heavy atom. The Labute approximate surface area is 114 Å². The maximum atomic E-state index is 12.1. The standard InChI is InChI=1S/C13H24N2O4/c1-3-15(8-9-19-4-2)12(18)14-13(6-5-7-13)10-11(16)17/h3-10H2,1-2H3,(H,14,18)(H,16,17). The van der Waals surface area contributed by atoms with Crippen LogP contribution in [0.3, 0.4) is 0 Å². The smallest absolute Gasteiger partial charge is 0.317 e. The van der Waals surface area contributed by atoms with Crippen LogP contribution in [0, 0.1) is 0 Å². The Hall–Kier alpha value is -1.30. The first-order chi connectivity index (χ1) is 9.03. The molecule has 6 heteroatoms. The summed E-state index contributed by atoms with van der Waals surface area (Å²) in [6.07, 6.45) is 2.46. The average molecular weight is 272 g/mol. The molecule has 0 unspecified atom stereocenters. The van der Waals surface area contributed by atoms with Gasteiger partial charge in [0.25, 0.3) is 0 Å². The fourth-order valence-electron chi connectivity index (χ4n) is 2.27. The van der Waals surface area contributed by atoms with Crippen molar-refractivity contribution in [3.63, 3.8) is 0 Å². The largest absolute Gasteiger partial charge is 0.481 e. The molecule has 6 nitrogen and oxygen atoms in total. The van der Waals surface area contributed by atoms with Gasteiger partial charge in [0.1, 0.15) is 0 Å². The van der Waals surface area contributed by atoms with Gasteiger partial charge in [0, 0.05) is 19.7 Å². The predicted molar refractivity (Wildman–Crippen MR) is 71.1 cm³/mol. The van der Waals surface area contributed by atoms with Gasteiger partial charge < -0.3 is 20.1 Å². The lowest BCUT2D eigenvalue weighted by atomic mass is 9.74. The van der Waals surface area contributed by atoms with Crippen LogP contribution in [-0.2, 0) is 9.53 Å². The van der Waals surface area contributed by atoms with Gasteiger partial charge in [0.2, 0.25) is 0 Å². The highest BCUT2D eigenvalue weighted by Gasteiger charge is 2.41. The molecular formula is C13H24N2O4. The van der Waals surface area contributed by atoms with Gasteiger partial charge in [-0.15, -0.1) is 0 Å². The SMILES string of the molecule is CCOCCN(CC)C(=O)NC1(CC(=O)O)CCC1. The first-order valence-electron chi connectivity index (χ1n) is 6.89. The van der Waals surface area contributed by atoms with Crippen molar-refractivity contribution in [2.75, 3.05) is 26.3 Å². The number of carbonyl (C=O) groups is 2. The topological polar surface area (TPSA) is 78.9 Å². The second-order valence-corrected chi connectivity index (χ2v) is 4.91. The van der Waals surface area contributed by atoms with Crippen LogP contribution in [0.4, 0.5) is 4.79 Å². The Balaban J connectivity index is 2.48. The van der Waals surface area contributed by atoms with Crippen LogP contribution in [0.2, 0.25) is 0 Å². The molecule has 0 bridgehead atoms. The van der Waals surface area contributed by atoms with Gasteiger partial charge in [0.15, 0.2) is 0 Å². The van der Waals surface area contributed by atoms with Crippen molar-refractivity contribution in [1.82, 2.24) is 10.2 Å². The highest BCUT2D eigenvalue weighted by atomic mass is 16.5. The van der Waals surface area contributed by atoms with Gasteiger partial charge in [-0.25, -0.2) is 4.79 Å². The van der Waals surface area contributed by atoms with E-state index in [1.54, 1.807) is 4.90 Å². The highest BCUT2D eigenvalue weighted by Crippen LogP contribution is 2.35. The summed E-state index contributed by atoms with van der Waals surface area (Å²) in [5, 5.41) is 11.8. The minimum absolute atomic E-state index is 0.00174. The third-order valence-corrected chi connectivity index (χ3v) is 3.55. The lowest BCUT2D eigenvalue weighted by Gasteiger charge is -2.42. The number of ether oxygens (including phenoxy) is 1. The molecule has 1 rings (SSSR count). The van der Waals surface area contributed by atoms with Crippen LogP contribution < -0.4 is 5.32 Å². The molecule has 1 aliphatic rings. The zero-order valence-corrected chi connectivity index (χ0v) is 11.8. The first kappa shape index (κ1) is 15.8. The summed E-state index contributed by atoms with van der Waals surface area (Å²) in [5.74, 6) is -0.864. The van der Waals surface area contributed by atoms with E-state index in [9.17, 15) is 9.59 Å². The summed E-state index contributed by atoms with van der Waals surface area (Å²) >= 11 is 0. The number of rotatable bonds is 8. The normalized spacial score (nSPS) is 16.5. The molecule has 0 atom stereocenters. The maximum absolute atomic E-state index is 12.1. The molecule has 0 spiro atoms. The lowest BCUT2D eigenvalue weighted by molar-refractivity contribution is -0.139. The fourth-order valence-corrected chi connectivity index (χ4v) is 2.27. The maximum Gasteiger partial charge on any atom is 0.317 e. The molecule has 19 heavy (non-hydrogen) atoms. The number of carboxylic acids is 1. The van der Waals surface area contributed by atoms with E-state index in [1.165, 1.54) is 0 Å². The van der Waals surface area contributed by atoms with Crippen LogP contribution in [0.5, 0.6) is 0 Å². The summed E-state index contributed by atoms with van der Waals surface area (Å²) in [5.41, 5.74) is -0.540. The molecule has 1 saturated carbocycles. The number of nitrogens with zero attached hydrogens (tertiary/aromatic N) is 1. The number of carboxylic acid groups (broad SMARTS) is 1. The number of hydrogen-bond donors (Lipinski definition) is 2. The number of carbonyl (C=O) groups excluding carboxylic acids is 1. The van der Waals surface area contributed by atoms with Crippen LogP contribution in [0.1, 0.15) is 39.5 Å². The summed E-state index contributed by atoms with van der Waals surface area (Å²) in [7, 11) is 0. The Bertz CT molecular complexity index is 316. The summed E-state index contributed by atoms with van der Waals surface area (Å²) in [6, 6.07) is -0.192. The molecule has 1 fully saturated rings. The van der Waals surface area contributed by atoms with Crippen molar-refractivity contribution in [1.29, 1.82) is 0 Å². The van der Waals surface area contributed by atoms with E-state index >= 15 is 0 Å². The number of likely N-dealkylation sites (N-methyl/N-ethyl adjacent to an activating group) is 1. The molecular weight excluding hydrogens is 248 g/mol. The number of nitrogens with one attached hydrogen (secondary N) is 1. The number of hydrogen-bond acceptors (Lipinski definition) is 3. The van der Waals surface area contributed by atoms with E-state index < -0.39 is 11.5 Å². The number of urea groups is 1. The molecule has 0 radical (unpaired) electrons. The first-order valence-corrected chi connectivity index (χ1v) is 6.89. The number of amides is 2. The quantitative estimate of drug-likeness (QED) is 0.655. The zero-order valence-electron chi connectivity index (χ0n) is 11.8. The molecule has 2 amide bonds. The minimum Gasteiger partial charge on any atom is -0.481 e. The van der Waals surface area contributed by atoms with Crippen molar-refractivity contribution < 1.29 is 19.4 Å². The minimum atomic E-state index is -0.864. The third-order valence-electron chi connectivity index (χ3n) is 3.55. The Kier molecular flexibility index (Phi) is 6.08. The van der Waals surface area contributed by atoms with E-state index in [4.69, 9.17) is 9.84 Å². The molecule has 0 aromatic carbocycles. The molecule has 2 N–H and O–H groups in total. The lowest BCUT2D eigenvalue weighted by Crippen LogP contribution is -2.58. The predicted octanol–water partition coefficient (Wildman–Crippen LogP) is 1.45. The van der Waals surface area contributed by atoms with Gasteiger partial charge in [-0.05, 0) is 33.1 Å². The second-order valence-electron chi connectivity index (χ2n) is 4.91. The monoisotopic (exact) mass is 272 g/mol. The van der Waals surface area contributed by atoms with Crippen molar-refractivity contribution in [3.8, 4) is 0 Å². The summed E-state index contributed by atoms with van der Waals surface area (Å²) in [4.78, 5) is 24.6. The number of aliphatic carboxylic acids is 1. The van der Waals surface area contributed by atoms with Crippen LogP contribution >= 0.6 is 0 Å². The molecule has 0 saturated heterocycles. The molecule has 0 heterocycles. The molecule has 0 aromatic rings. The van der Waals surface area contributed by atoms with Crippen LogP contribution in [0.15, 0.2) is 0 Å². The average Bonchev–Trinajstić information content (AvgIpc) is 2.31. The molecule has 0 aliphatic heterocycles. The van der Waals surface area contributed by atoms with Crippen LogP contribution in [-0.4, -0.2) is 53.8 Å². The van der Waals surface area contributed by atoms with E-state index in [0.717, 1.165) is 19.3 Å². The molecule has 110 valence electrons. The third kappa shape index (κ3) is 4.70. The Morgan fingerprint density at radius 1 is 1.37 bits per heavy atom. The zero-order chi connectivity index (χ0) is 14.3. The summed E-state index contributed by atoms with van der Waals surface area (Å²) < 4.78 is 5.24. The van der Waals surface area contributed by atoms with Gasteiger partial charge in [0.05, 0.1) is 18.6 Å². The van der Waals surface area contributed by atoms with Gasteiger partial charge >= 0.3 is 12.0 Å². The highest BCUT2D eigenvalue weighted by molar-refractivity contribution is 5.77. The Morgan fingerprint density at radius 3 is 2.47 bits per heavy atom.